The molecule has 2 aliphatic heterocycles. The molecule has 0 atom stereocenters. The zero-order valence-corrected chi connectivity index (χ0v) is 19.6. The molecule has 7 nitrogen and oxygen atoms in total. The number of hydrogen-bond donors (Lipinski definition) is 1. The van der Waals surface area contributed by atoms with E-state index in [1.165, 1.54) is 61.0 Å². The van der Waals surface area contributed by atoms with Crippen molar-refractivity contribution < 1.29 is 26.7 Å². The van der Waals surface area contributed by atoms with E-state index in [1.54, 1.807) is 36.4 Å². The average Bonchev–Trinajstić information content (AvgIpc) is 3.18. The molecule has 0 saturated heterocycles. The van der Waals surface area contributed by atoms with Crippen molar-refractivity contribution in [3.05, 3.63) is 124 Å². The fraction of sp³-hybridized carbons (Fsp3) is 0. The standard InChI is InChI=1S/C26H17NO6S2/c28-25-19-5-1-3-7-21(19)34(30,31)23(25)11-9-17(18-13-15-27-16-14-18)10-12-24-26(29)20-6-2-4-8-22(20)35(24,32)33/h1-16,28H. The summed E-state index contributed by atoms with van der Waals surface area (Å²) in [6.07, 6.45) is 8.39. The first kappa shape index (κ1) is 22.7. The highest BCUT2D eigenvalue weighted by molar-refractivity contribution is 7.97. The molecule has 174 valence electrons. The molecule has 0 spiro atoms. The topological polar surface area (TPSA) is 118 Å². The van der Waals surface area contributed by atoms with Gasteiger partial charge in [0, 0.05) is 23.5 Å². The molecule has 2 aliphatic rings. The Labute approximate surface area is 201 Å². The van der Waals surface area contributed by atoms with Crippen LogP contribution in [0.1, 0.15) is 21.5 Å². The summed E-state index contributed by atoms with van der Waals surface area (Å²) < 4.78 is 51.7. The number of aromatic nitrogens is 1. The van der Waals surface area contributed by atoms with Gasteiger partial charge in [0.25, 0.3) is 0 Å². The number of ketones is 1. The van der Waals surface area contributed by atoms with Gasteiger partial charge in [-0.15, -0.1) is 0 Å². The predicted molar refractivity (Wildman–Crippen MR) is 131 cm³/mol. The minimum absolute atomic E-state index is 0.00844. The first-order valence-electron chi connectivity index (χ1n) is 10.4. The average molecular weight is 504 g/mol. The summed E-state index contributed by atoms with van der Waals surface area (Å²) in [5.74, 6) is -0.975. The van der Waals surface area contributed by atoms with Crippen LogP contribution >= 0.6 is 0 Å². The highest BCUT2D eigenvalue weighted by atomic mass is 32.2. The Morgan fingerprint density at radius 2 is 1.40 bits per heavy atom. The van der Waals surface area contributed by atoms with E-state index in [0.717, 1.165) is 0 Å². The molecular weight excluding hydrogens is 486 g/mol. The van der Waals surface area contributed by atoms with Crippen molar-refractivity contribution in [1.82, 2.24) is 4.98 Å². The number of carbonyl (C=O) groups is 1. The van der Waals surface area contributed by atoms with E-state index in [0.29, 0.717) is 11.1 Å². The van der Waals surface area contributed by atoms with Crippen molar-refractivity contribution in [2.45, 2.75) is 9.79 Å². The molecule has 0 saturated carbocycles. The van der Waals surface area contributed by atoms with Crippen LogP contribution in [0.15, 0.2) is 117 Å². The number of sulfone groups is 2. The number of benzene rings is 2. The lowest BCUT2D eigenvalue weighted by Gasteiger charge is -2.03. The third kappa shape index (κ3) is 3.65. The lowest BCUT2D eigenvalue weighted by atomic mass is 10.1. The maximum atomic E-state index is 12.9. The second-order valence-electron chi connectivity index (χ2n) is 7.76. The number of aliphatic hydroxyl groups excluding tert-OH is 1. The predicted octanol–water partition coefficient (Wildman–Crippen LogP) is 4.29. The van der Waals surface area contributed by atoms with Crippen LogP contribution < -0.4 is 0 Å². The molecule has 3 aromatic rings. The quantitative estimate of drug-likeness (QED) is 0.417. The van der Waals surface area contributed by atoms with Gasteiger partial charge < -0.3 is 5.11 Å². The Morgan fingerprint density at radius 1 is 0.800 bits per heavy atom. The number of hydrogen-bond acceptors (Lipinski definition) is 7. The van der Waals surface area contributed by atoms with E-state index in [4.69, 9.17) is 0 Å². The lowest BCUT2D eigenvalue weighted by Crippen LogP contribution is -2.01. The molecule has 1 N–H and O–H groups in total. The molecule has 35 heavy (non-hydrogen) atoms. The summed E-state index contributed by atoms with van der Waals surface area (Å²) in [7, 11) is -7.91. The normalized spacial score (nSPS) is 19.4. The maximum Gasteiger partial charge on any atom is 0.211 e. The molecule has 0 fully saturated rings. The number of nitrogens with zero attached hydrogens (tertiary/aromatic N) is 1. The van der Waals surface area contributed by atoms with E-state index in [1.807, 2.05) is 0 Å². The Balaban J connectivity index is 1.61. The van der Waals surface area contributed by atoms with Crippen LogP contribution in [0.25, 0.3) is 11.3 Å². The third-order valence-corrected chi connectivity index (χ3v) is 9.41. The van der Waals surface area contributed by atoms with Gasteiger partial charge in [-0.3, -0.25) is 9.78 Å². The zero-order chi connectivity index (χ0) is 24.8. The lowest BCUT2D eigenvalue weighted by molar-refractivity contribution is 0.104. The molecule has 0 aliphatic carbocycles. The molecule has 0 radical (unpaired) electrons. The number of carbonyl (C=O) groups excluding carboxylic acids is 1. The molecule has 0 amide bonds. The van der Waals surface area contributed by atoms with Gasteiger partial charge in [-0.05, 0) is 59.7 Å². The van der Waals surface area contributed by atoms with Crippen LogP contribution in [0, 0.1) is 0 Å². The van der Waals surface area contributed by atoms with E-state index >= 15 is 0 Å². The van der Waals surface area contributed by atoms with Crippen molar-refractivity contribution in [2.75, 3.05) is 0 Å². The maximum absolute atomic E-state index is 12.9. The highest BCUT2D eigenvalue weighted by Crippen LogP contribution is 2.39. The number of aliphatic hydroxyl groups is 1. The Hall–Kier alpha value is -4.08. The summed E-state index contributed by atoms with van der Waals surface area (Å²) in [5.41, 5.74) is 1.33. The van der Waals surface area contributed by atoms with Crippen molar-refractivity contribution in [2.24, 2.45) is 0 Å². The largest absolute Gasteiger partial charge is 0.506 e. The van der Waals surface area contributed by atoms with Crippen LogP contribution in [-0.2, 0) is 19.7 Å². The first-order chi connectivity index (χ1) is 16.7. The van der Waals surface area contributed by atoms with Crippen LogP contribution in [0.4, 0.5) is 0 Å². The molecule has 0 bridgehead atoms. The van der Waals surface area contributed by atoms with Gasteiger partial charge in [-0.2, -0.15) is 0 Å². The van der Waals surface area contributed by atoms with E-state index < -0.39 is 25.5 Å². The Morgan fingerprint density at radius 3 is 2.03 bits per heavy atom. The molecule has 1 aromatic heterocycles. The van der Waals surface area contributed by atoms with Crippen molar-refractivity contribution in [3.8, 4) is 0 Å². The minimum atomic E-state index is -3.98. The molecular formula is C26H17NO6S2. The fourth-order valence-corrected chi connectivity index (χ4v) is 7.10. The summed E-state index contributed by atoms with van der Waals surface area (Å²) >= 11 is 0. The number of allylic oxidation sites excluding steroid dienone is 6. The number of fused-ring (bicyclic) bond motifs is 2. The fourth-order valence-electron chi connectivity index (χ4n) is 3.99. The molecule has 9 heteroatoms. The smallest absolute Gasteiger partial charge is 0.211 e. The highest BCUT2D eigenvalue weighted by Gasteiger charge is 2.38. The SMILES string of the molecule is O=C1C(=CC=C(C=CC2=C(O)c3ccccc3S2(=O)=O)c2ccncc2)S(=O)(=O)c2ccccc21. The van der Waals surface area contributed by atoms with Crippen LogP contribution in [0.3, 0.4) is 0 Å². The van der Waals surface area contributed by atoms with Gasteiger partial charge in [-0.25, -0.2) is 16.8 Å². The van der Waals surface area contributed by atoms with Crippen LogP contribution in [0.2, 0.25) is 0 Å². The minimum Gasteiger partial charge on any atom is -0.506 e. The molecule has 5 rings (SSSR count). The monoisotopic (exact) mass is 503 g/mol. The van der Waals surface area contributed by atoms with E-state index in [2.05, 4.69) is 4.98 Å². The Bertz CT molecular complexity index is 1730. The first-order valence-corrected chi connectivity index (χ1v) is 13.4. The van der Waals surface area contributed by atoms with Gasteiger partial charge in [0.15, 0.2) is 0 Å². The van der Waals surface area contributed by atoms with Gasteiger partial charge in [0.1, 0.15) is 15.6 Å². The second kappa shape index (κ2) is 8.30. The van der Waals surface area contributed by atoms with Gasteiger partial charge >= 0.3 is 0 Å². The van der Waals surface area contributed by atoms with Gasteiger partial charge in [0.2, 0.25) is 25.5 Å². The third-order valence-electron chi connectivity index (χ3n) is 5.73. The van der Waals surface area contributed by atoms with Crippen molar-refractivity contribution in [1.29, 1.82) is 0 Å². The number of pyridine rings is 1. The van der Waals surface area contributed by atoms with Gasteiger partial charge in [0.05, 0.1) is 9.79 Å². The van der Waals surface area contributed by atoms with Crippen molar-refractivity contribution in [3.63, 3.8) is 0 Å². The van der Waals surface area contributed by atoms with Gasteiger partial charge in [-0.1, -0.05) is 36.4 Å². The van der Waals surface area contributed by atoms with Crippen LogP contribution in [-0.4, -0.2) is 32.7 Å². The summed E-state index contributed by atoms with van der Waals surface area (Å²) in [6, 6.07) is 15.4. The van der Waals surface area contributed by atoms with E-state index in [-0.39, 0.29) is 36.5 Å². The van der Waals surface area contributed by atoms with Crippen molar-refractivity contribution >= 4 is 36.8 Å². The summed E-state index contributed by atoms with van der Waals surface area (Å²) in [6.45, 7) is 0. The number of Topliss-reactive ketones (excluding diaryl/α,β-unsaturated/α-hetero) is 1. The molecule has 3 heterocycles. The van der Waals surface area contributed by atoms with E-state index in [9.17, 15) is 26.7 Å². The molecule has 2 aromatic carbocycles. The Kier molecular flexibility index (Phi) is 5.38. The van der Waals surface area contributed by atoms with Crippen LogP contribution in [0.5, 0.6) is 0 Å². The molecule has 0 unspecified atom stereocenters. The number of rotatable bonds is 4. The zero-order valence-electron chi connectivity index (χ0n) is 18.0. The summed E-state index contributed by atoms with van der Waals surface area (Å²) in [4.78, 5) is 16.0. The summed E-state index contributed by atoms with van der Waals surface area (Å²) in [5, 5.41) is 10.6. The second-order valence-corrected chi connectivity index (χ2v) is 11.5.